The van der Waals surface area contributed by atoms with Crippen molar-refractivity contribution in [3.05, 3.63) is 11.8 Å². The number of rotatable bonds is 9. The van der Waals surface area contributed by atoms with Crippen LogP contribution in [0.3, 0.4) is 0 Å². The molecule has 0 spiro atoms. The van der Waals surface area contributed by atoms with Gasteiger partial charge in [-0.15, -0.1) is 0 Å². The molecule has 1 heterocycles. The monoisotopic (exact) mass is 237 g/mol. The van der Waals surface area contributed by atoms with E-state index < -0.39 is 0 Å². The highest BCUT2D eigenvalue weighted by Gasteiger charge is 2.10. The standard InChI is InChI=1S/C13H23N3O/c1-2-3-4-5-6-7-8-9-12(17)11-10-15-16-13(11)14/h10H,2-9H2,1H3,(H3,14,15,16). The summed E-state index contributed by atoms with van der Waals surface area (Å²) in [5, 5.41) is 6.33. The summed E-state index contributed by atoms with van der Waals surface area (Å²) in [7, 11) is 0. The summed E-state index contributed by atoms with van der Waals surface area (Å²) in [6.07, 6.45) is 10.6. The number of Topliss-reactive ketones (excluding diaryl/α,β-unsaturated/α-hetero) is 1. The lowest BCUT2D eigenvalue weighted by Gasteiger charge is -2.01. The summed E-state index contributed by atoms with van der Waals surface area (Å²) in [5.74, 6) is 0.489. The van der Waals surface area contributed by atoms with Gasteiger partial charge in [0.2, 0.25) is 0 Å². The zero-order valence-corrected chi connectivity index (χ0v) is 10.7. The number of hydrogen-bond donors (Lipinski definition) is 2. The van der Waals surface area contributed by atoms with Crippen LogP contribution in [0.4, 0.5) is 5.82 Å². The molecule has 0 bridgehead atoms. The number of ketones is 1. The molecule has 17 heavy (non-hydrogen) atoms. The van der Waals surface area contributed by atoms with Gasteiger partial charge < -0.3 is 5.73 Å². The first-order valence-corrected chi connectivity index (χ1v) is 6.57. The summed E-state index contributed by atoms with van der Waals surface area (Å²) in [6.45, 7) is 2.22. The van der Waals surface area contributed by atoms with Crippen LogP contribution >= 0.6 is 0 Å². The summed E-state index contributed by atoms with van der Waals surface area (Å²) < 4.78 is 0. The number of nitrogen functional groups attached to an aromatic ring is 1. The highest BCUT2D eigenvalue weighted by molar-refractivity contribution is 5.99. The third-order valence-corrected chi connectivity index (χ3v) is 2.98. The van der Waals surface area contributed by atoms with Gasteiger partial charge in [0.25, 0.3) is 0 Å². The molecule has 0 aliphatic rings. The first-order chi connectivity index (χ1) is 8.25. The van der Waals surface area contributed by atoms with Crippen LogP contribution in [0.15, 0.2) is 6.20 Å². The van der Waals surface area contributed by atoms with E-state index in [1.807, 2.05) is 0 Å². The number of hydrogen-bond acceptors (Lipinski definition) is 3. The van der Waals surface area contributed by atoms with Crippen LogP contribution in [-0.2, 0) is 0 Å². The van der Waals surface area contributed by atoms with Crippen molar-refractivity contribution in [3.63, 3.8) is 0 Å². The number of aromatic amines is 1. The number of anilines is 1. The minimum Gasteiger partial charge on any atom is -0.383 e. The normalized spacial score (nSPS) is 10.6. The van der Waals surface area contributed by atoms with Gasteiger partial charge in [0.05, 0.1) is 11.8 Å². The van der Waals surface area contributed by atoms with Crippen LogP contribution in [0.5, 0.6) is 0 Å². The molecule has 4 heteroatoms. The van der Waals surface area contributed by atoms with Crippen molar-refractivity contribution in [1.29, 1.82) is 0 Å². The Hall–Kier alpha value is -1.32. The fraction of sp³-hybridized carbons (Fsp3) is 0.692. The number of aromatic nitrogens is 2. The largest absolute Gasteiger partial charge is 0.383 e. The number of unbranched alkanes of at least 4 members (excludes halogenated alkanes) is 6. The maximum absolute atomic E-state index is 11.7. The van der Waals surface area contributed by atoms with Crippen molar-refractivity contribution >= 4 is 11.6 Å². The lowest BCUT2D eigenvalue weighted by Crippen LogP contribution is -2.01. The number of carbonyl (C=O) groups is 1. The lowest BCUT2D eigenvalue weighted by atomic mass is 10.0. The zero-order valence-electron chi connectivity index (χ0n) is 10.7. The molecule has 1 rings (SSSR count). The molecule has 4 nitrogen and oxygen atoms in total. The predicted octanol–water partition coefficient (Wildman–Crippen LogP) is 3.32. The van der Waals surface area contributed by atoms with Crippen LogP contribution in [0, 0.1) is 0 Å². The molecule has 0 radical (unpaired) electrons. The van der Waals surface area contributed by atoms with E-state index in [0.29, 0.717) is 17.8 Å². The molecule has 0 aliphatic heterocycles. The number of H-pyrrole nitrogens is 1. The van der Waals surface area contributed by atoms with E-state index in [9.17, 15) is 4.79 Å². The average Bonchev–Trinajstić information content (AvgIpc) is 2.74. The molecule has 0 amide bonds. The van der Waals surface area contributed by atoms with Gasteiger partial charge in [0, 0.05) is 6.42 Å². The van der Waals surface area contributed by atoms with Gasteiger partial charge in [-0.2, -0.15) is 5.10 Å². The topological polar surface area (TPSA) is 71.8 Å². The van der Waals surface area contributed by atoms with E-state index in [1.54, 1.807) is 0 Å². The maximum atomic E-state index is 11.7. The van der Waals surface area contributed by atoms with Crippen molar-refractivity contribution in [2.45, 2.75) is 58.3 Å². The van der Waals surface area contributed by atoms with E-state index >= 15 is 0 Å². The third-order valence-electron chi connectivity index (χ3n) is 2.98. The number of nitrogens with zero attached hydrogens (tertiary/aromatic N) is 1. The highest BCUT2D eigenvalue weighted by atomic mass is 16.1. The van der Waals surface area contributed by atoms with Crippen LogP contribution in [-0.4, -0.2) is 16.0 Å². The fourth-order valence-electron chi connectivity index (χ4n) is 1.90. The minimum absolute atomic E-state index is 0.102. The fourth-order valence-corrected chi connectivity index (χ4v) is 1.90. The van der Waals surface area contributed by atoms with Gasteiger partial charge >= 0.3 is 0 Å². The average molecular weight is 237 g/mol. The quantitative estimate of drug-likeness (QED) is 0.511. The van der Waals surface area contributed by atoms with Gasteiger partial charge in [-0.1, -0.05) is 45.4 Å². The zero-order chi connectivity index (χ0) is 12.5. The number of nitrogens with two attached hydrogens (primary N) is 1. The Bertz CT molecular complexity index is 333. The Labute approximate surface area is 103 Å². The van der Waals surface area contributed by atoms with E-state index in [4.69, 9.17) is 5.73 Å². The smallest absolute Gasteiger partial charge is 0.168 e. The van der Waals surface area contributed by atoms with Crippen LogP contribution in [0.2, 0.25) is 0 Å². The van der Waals surface area contributed by atoms with E-state index in [0.717, 1.165) is 12.8 Å². The summed E-state index contributed by atoms with van der Waals surface area (Å²) in [4.78, 5) is 11.7. The van der Waals surface area contributed by atoms with Gasteiger partial charge in [-0.3, -0.25) is 9.89 Å². The van der Waals surface area contributed by atoms with Gasteiger partial charge in [0.15, 0.2) is 5.78 Å². The van der Waals surface area contributed by atoms with Gasteiger partial charge in [0.1, 0.15) is 5.82 Å². The van der Waals surface area contributed by atoms with Gasteiger partial charge in [-0.05, 0) is 6.42 Å². The maximum Gasteiger partial charge on any atom is 0.168 e. The van der Waals surface area contributed by atoms with Gasteiger partial charge in [-0.25, -0.2) is 0 Å². The van der Waals surface area contributed by atoms with E-state index in [-0.39, 0.29) is 5.78 Å². The molecular formula is C13H23N3O. The summed E-state index contributed by atoms with van der Waals surface area (Å²) in [6, 6.07) is 0. The predicted molar refractivity (Wildman–Crippen MR) is 69.9 cm³/mol. The minimum atomic E-state index is 0.102. The Morgan fingerprint density at radius 2 is 1.88 bits per heavy atom. The van der Waals surface area contributed by atoms with E-state index in [2.05, 4.69) is 17.1 Å². The molecule has 0 aromatic carbocycles. The second-order valence-corrected chi connectivity index (χ2v) is 4.49. The van der Waals surface area contributed by atoms with Crippen molar-refractivity contribution < 1.29 is 4.79 Å². The summed E-state index contributed by atoms with van der Waals surface area (Å²) >= 11 is 0. The molecule has 0 saturated carbocycles. The molecule has 0 saturated heterocycles. The van der Waals surface area contributed by atoms with Crippen LogP contribution in [0.25, 0.3) is 0 Å². The summed E-state index contributed by atoms with van der Waals surface area (Å²) in [5.41, 5.74) is 6.13. The molecule has 0 unspecified atom stereocenters. The van der Waals surface area contributed by atoms with Crippen LogP contribution < -0.4 is 5.73 Å². The Kier molecular flexibility index (Phi) is 6.37. The Balaban J connectivity index is 2.07. The molecular weight excluding hydrogens is 214 g/mol. The van der Waals surface area contributed by atoms with Crippen LogP contribution in [0.1, 0.15) is 68.6 Å². The number of carbonyl (C=O) groups excluding carboxylic acids is 1. The molecule has 3 N–H and O–H groups in total. The second-order valence-electron chi connectivity index (χ2n) is 4.49. The Morgan fingerprint density at radius 1 is 1.24 bits per heavy atom. The Morgan fingerprint density at radius 3 is 2.47 bits per heavy atom. The second kappa shape index (κ2) is 7.87. The first kappa shape index (κ1) is 13.7. The molecule has 1 aromatic rings. The molecule has 0 aliphatic carbocycles. The molecule has 0 atom stereocenters. The molecule has 0 fully saturated rings. The lowest BCUT2D eigenvalue weighted by molar-refractivity contribution is 0.0980. The first-order valence-electron chi connectivity index (χ1n) is 6.57. The van der Waals surface area contributed by atoms with Crippen molar-refractivity contribution in [2.75, 3.05) is 5.73 Å². The SMILES string of the molecule is CCCCCCCCCC(=O)c1cn[nH]c1N. The van der Waals surface area contributed by atoms with Crippen molar-refractivity contribution in [1.82, 2.24) is 10.2 Å². The number of nitrogens with one attached hydrogen (secondary N) is 1. The van der Waals surface area contributed by atoms with Crippen molar-refractivity contribution in [2.24, 2.45) is 0 Å². The highest BCUT2D eigenvalue weighted by Crippen LogP contribution is 2.13. The molecule has 96 valence electrons. The van der Waals surface area contributed by atoms with E-state index in [1.165, 1.54) is 38.3 Å². The molecule has 1 aromatic heterocycles. The van der Waals surface area contributed by atoms with Crippen molar-refractivity contribution in [3.8, 4) is 0 Å². The third kappa shape index (κ3) is 5.02.